The van der Waals surface area contributed by atoms with Crippen molar-refractivity contribution in [2.24, 2.45) is 0 Å². The summed E-state index contributed by atoms with van der Waals surface area (Å²) in [7, 11) is 0. The molecule has 0 radical (unpaired) electrons. The van der Waals surface area contributed by atoms with Crippen molar-refractivity contribution in [1.82, 2.24) is 10.1 Å². The first-order chi connectivity index (χ1) is 11.6. The summed E-state index contributed by atoms with van der Waals surface area (Å²) < 4.78 is 5.06. The molecule has 0 spiro atoms. The van der Waals surface area contributed by atoms with Crippen molar-refractivity contribution in [3.63, 3.8) is 0 Å². The Hall–Kier alpha value is -2.86. The van der Waals surface area contributed by atoms with Gasteiger partial charge in [-0.05, 0) is 43.3 Å². The Morgan fingerprint density at radius 2 is 1.83 bits per heavy atom. The van der Waals surface area contributed by atoms with Gasteiger partial charge < -0.3 is 15.2 Å². The number of benzene rings is 2. The van der Waals surface area contributed by atoms with Gasteiger partial charge in [0.05, 0.1) is 17.9 Å². The molecule has 0 unspecified atom stereocenters. The molecule has 0 fully saturated rings. The third kappa shape index (κ3) is 3.91. The lowest BCUT2D eigenvalue weighted by atomic mass is 10.2. The van der Waals surface area contributed by atoms with E-state index in [0.717, 1.165) is 5.69 Å². The Bertz CT molecular complexity index is 846. The van der Waals surface area contributed by atoms with E-state index in [-0.39, 0.29) is 5.91 Å². The number of carbonyl (C=O) groups excluding carboxylic acids is 1. The normalized spacial score (nSPS) is 10.4. The van der Waals surface area contributed by atoms with Crippen molar-refractivity contribution >= 4 is 28.9 Å². The van der Waals surface area contributed by atoms with E-state index in [1.54, 1.807) is 31.2 Å². The zero-order chi connectivity index (χ0) is 16.9. The summed E-state index contributed by atoms with van der Waals surface area (Å²) >= 11 is 5.84. The molecule has 0 aliphatic rings. The maximum absolute atomic E-state index is 12.3. The SMILES string of the molecule is Cc1noc(CNc2ccccc2NC(=O)c2ccc(Cl)cc2)n1. The summed E-state index contributed by atoms with van der Waals surface area (Å²) in [6, 6.07) is 14.1. The number of amides is 1. The summed E-state index contributed by atoms with van der Waals surface area (Å²) in [5.74, 6) is 0.844. The van der Waals surface area contributed by atoms with E-state index in [0.29, 0.717) is 34.5 Å². The van der Waals surface area contributed by atoms with Crippen LogP contribution < -0.4 is 10.6 Å². The number of hydrogen-bond donors (Lipinski definition) is 2. The molecule has 1 amide bonds. The highest BCUT2D eigenvalue weighted by atomic mass is 35.5. The molecular formula is C17H15ClN4O2. The summed E-state index contributed by atoms with van der Waals surface area (Å²) in [4.78, 5) is 16.5. The molecule has 0 atom stereocenters. The number of aromatic nitrogens is 2. The first-order valence-corrected chi connectivity index (χ1v) is 7.68. The number of anilines is 2. The second-order valence-electron chi connectivity index (χ2n) is 5.10. The van der Waals surface area contributed by atoms with E-state index < -0.39 is 0 Å². The van der Waals surface area contributed by atoms with Crippen LogP contribution in [0.2, 0.25) is 5.02 Å². The van der Waals surface area contributed by atoms with E-state index in [4.69, 9.17) is 16.1 Å². The number of hydrogen-bond acceptors (Lipinski definition) is 5. The number of nitrogens with zero attached hydrogens (tertiary/aromatic N) is 2. The molecule has 1 aromatic heterocycles. The van der Waals surface area contributed by atoms with Gasteiger partial charge in [-0.25, -0.2) is 0 Å². The lowest BCUT2D eigenvalue weighted by molar-refractivity contribution is 0.102. The quantitative estimate of drug-likeness (QED) is 0.735. The molecule has 3 aromatic rings. The summed E-state index contributed by atoms with van der Waals surface area (Å²) in [5, 5.41) is 10.4. The Balaban J connectivity index is 1.71. The van der Waals surface area contributed by atoms with Crippen LogP contribution in [0.4, 0.5) is 11.4 Å². The van der Waals surface area contributed by atoms with E-state index in [1.807, 2.05) is 24.3 Å². The molecule has 24 heavy (non-hydrogen) atoms. The molecule has 0 saturated carbocycles. The molecule has 122 valence electrons. The number of rotatable bonds is 5. The fraction of sp³-hybridized carbons (Fsp3) is 0.118. The summed E-state index contributed by atoms with van der Waals surface area (Å²) in [6.07, 6.45) is 0. The van der Waals surface area contributed by atoms with Crippen molar-refractivity contribution in [2.75, 3.05) is 10.6 Å². The zero-order valence-corrected chi connectivity index (χ0v) is 13.7. The second-order valence-corrected chi connectivity index (χ2v) is 5.53. The van der Waals surface area contributed by atoms with Gasteiger partial charge in [0.1, 0.15) is 0 Å². The van der Waals surface area contributed by atoms with Crippen LogP contribution in [0, 0.1) is 6.92 Å². The Labute approximate surface area is 143 Å². The van der Waals surface area contributed by atoms with Crippen LogP contribution in [-0.4, -0.2) is 16.0 Å². The minimum atomic E-state index is -0.213. The molecule has 2 N–H and O–H groups in total. The van der Waals surface area contributed by atoms with E-state index in [1.165, 1.54) is 0 Å². The smallest absolute Gasteiger partial charge is 0.255 e. The molecule has 3 rings (SSSR count). The van der Waals surface area contributed by atoms with Crippen molar-refractivity contribution in [3.8, 4) is 0 Å². The molecular weight excluding hydrogens is 328 g/mol. The average Bonchev–Trinajstić information content (AvgIpc) is 3.00. The first kappa shape index (κ1) is 16.0. The third-order valence-corrected chi connectivity index (χ3v) is 3.53. The second kappa shape index (κ2) is 7.14. The van der Waals surface area contributed by atoms with Gasteiger partial charge in [-0.2, -0.15) is 4.98 Å². The summed E-state index contributed by atoms with van der Waals surface area (Å²) in [6.45, 7) is 2.13. The van der Waals surface area contributed by atoms with E-state index in [2.05, 4.69) is 20.8 Å². The van der Waals surface area contributed by atoms with Gasteiger partial charge in [0.15, 0.2) is 5.82 Å². The van der Waals surface area contributed by atoms with Gasteiger partial charge >= 0.3 is 0 Å². The highest BCUT2D eigenvalue weighted by Gasteiger charge is 2.10. The first-order valence-electron chi connectivity index (χ1n) is 7.31. The molecule has 0 aliphatic heterocycles. The third-order valence-electron chi connectivity index (χ3n) is 3.28. The van der Waals surface area contributed by atoms with E-state index in [9.17, 15) is 4.79 Å². The number of carbonyl (C=O) groups is 1. The number of para-hydroxylation sites is 2. The zero-order valence-electron chi connectivity index (χ0n) is 12.9. The molecule has 2 aromatic carbocycles. The number of halogens is 1. The van der Waals surface area contributed by atoms with E-state index >= 15 is 0 Å². The molecule has 0 saturated heterocycles. The predicted octanol–water partition coefficient (Wildman–Crippen LogP) is 3.90. The fourth-order valence-electron chi connectivity index (χ4n) is 2.12. The highest BCUT2D eigenvalue weighted by Crippen LogP contribution is 2.22. The number of aryl methyl sites for hydroxylation is 1. The van der Waals surface area contributed by atoms with Crippen LogP contribution in [0.15, 0.2) is 53.1 Å². The maximum Gasteiger partial charge on any atom is 0.255 e. The predicted molar refractivity (Wildman–Crippen MR) is 92.2 cm³/mol. The van der Waals surface area contributed by atoms with Crippen molar-refractivity contribution in [3.05, 3.63) is 70.8 Å². The Morgan fingerprint density at radius 3 is 2.50 bits per heavy atom. The van der Waals surface area contributed by atoms with Crippen molar-refractivity contribution in [2.45, 2.75) is 13.5 Å². The molecule has 1 heterocycles. The summed E-state index contributed by atoms with van der Waals surface area (Å²) in [5.41, 5.74) is 1.95. The molecule has 0 aliphatic carbocycles. The van der Waals surface area contributed by atoms with Gasteiger partial charge in [-0.15, -0.1) is 0 Å². The molecule has 6 nitrogen and oxygen atoms in total. The van der Waals surface area contributed by atoms with Crippen molar-refractivity contribution < 1.29 is 9.32 Å². The van der Waals surface area contributed by atoms with Crippen LogP contribution in [0.25, 0.3) is 0 Å². The minimum absolute atomic E-state index is 0.213. The van der Waals surface area contributed by atoms with Crippen molar-refractivity contribution in [1.29, 1.82) is 0 Å². The topological polar surface area (TPSA) is 80.0 Å². The van der Waals surface area contributed by atoms with Gasteiger partial charge in [0, 0.05) is 10.6 Å². The molecule has 0 bridgehead atoms. The van der Waals surface area contributed by atoms with Crippen LogP contribution in [-0.2, 0) is 6.54 Å². The Morgan fingerprint density at radius 1 is 1.12 bits per heavy atom. The maximum atomic E-state index is 12.3. The fourth-order valence-corrected chi connectivity index (χ4v) is 2.25. The largest absolute Gasteiger partial charge is 0.374 e. The van der Waals surface area contributed by atoms with Gasteiger partial charge in [0.2, 0.25) is 5.89 Å². The number of nitrogens with one attached hydrogen (secondary N) is 2. The van der Waals surface area contributed by atoms with Crippen LogP contribution in [0.5, 0.6) is 0 Å². The standard InChI is InChI=1S/C17H15ClN4O2/c1-11-20-16(24-22-11)10-19-14-4-2-3-5-15(14)21-17(23)12-6-8-13(18)9-7-12/h2-9,19H,10H2,1H3,(H,21,23). The van der Waals surface area contributed by atoms with Crippen LogP contribution in [0.3, 0.4) is 0 Å². The monoisotopic (exact) mass is 342 g/mol. The molecule has 7 heteroatoms. The Kier molecular flexibility index (Phi) is 4.77. The van der Waals surface area contributed by atoms with Crippen LogP contribution >= 0.6 is 11.6 Å². The van der Waals surface area contributed by atoms with Gasteiger partial charge in [-0.1, -0.05) is 28.9 Å². The van der Waals surface area contributed by atoms with Gasteiger partial charge in [-0.3, -0.25) is 4.79 Å². The highest BCUT2D eigenvalue weighted by molar-refractivity contribution is 6.30. The van der Waals surface area contributed by atoms with Gasteiger partial charge in [0.25, 0.3) is 5.91 Å². The van der Waals surface area contributed by atoms with Crippen LogP contribution in [0.1, 0.15) is 22.1 Å². The lowest BCUT2D eigenvalue weighted by Gasteiger charge is -2.12. The lowest BCUT2D eigenvalue weighted by Crippen LogP contribution is -2.13. The average molecular weight is 343 g/mol. The minimum Gasteiger partial charge on any atom is -0.374 e.